The largest absolute Gasteiger partial charge is 0.352 e. The molecule has 3 heteroatoms. The first kappa shape index (κ1) is 9.40. The Bertz CT molecular complexity index is 491. The summed E-state index contributed by atoms with van der Waals surface area (Å²) in [5.41, 5.74) is 1.57. The maximum Gasteiger partial charge on any atom is 0.223 e. The third-order valence-electron chi connectivity index (χ3n) is 2.01. The van der Waals surface area contributed by atoms with Crippen LogP contribution in [0.25, 0.3) is 11.3 Å². The molecule has 0 saturated heterocycles. The fraction of sp³-hybridized carbons (Fsp3) is 0. The minimum atomic E-state index is -0.260. The van der Waals surface area contributed by atoms with Crippen LogP contribution in [0.4, 0.5) is 0 Å². The molecular weight excluding hydrogens is 190 g/mol. The quantitative estimate of drug-likeness (QED) is 0.566. The fourth-order valence-corrected chi connectivity index (χ4v) is 1.24. The second kappa shape index (κ2) is 3.92. The van der Waals surface area contributed by atoms with Gasteiger partial charge in [0.1, 0.15) is 5.69 Å². The van der Waals surface area contributed by atoms with Crippen LogP contribution >= 0.6 is 0 Å². The van der Waals surface area contributed by atoms with Crippen molar-refractivity contribution in [2.75, 3.05) is 0 Å². The van der Waals surface area contributed by atoms with E-state index in [2.05, 4.69) is 11.7 Å². The lowest BCUT2D eigenvalue weighted by molar-refractivity contribution is 0.101. The average molecular weight is 201 g/mol. The van der Waals surface area contributed by atoms with Crippen molar-refractivity contribution in [3.05, 3.63) is 54.8 Å². The highest BCUT2D eigenvalue weighted by Crippen LogP contribution is 2.18. The Kier molecular flexibility index (Phi) is 2.46. The highest BCUT2D eigenvalue weighted by atomic mass is 16.5. The zero-order valence-electron chi connectivity index (χ0n) is 8.01. The van der Waals surface area contributed by atoms with Gasteiger partial charge in [0.15, 0.2) is 0 Å². The Balaban J connectivity index is 0.00000128. The van der Waals surface area contributed by atoms with Crippen LogP contribution in [0.3, 0.4) is 0 Å². The van der Waals surface area contributed by atoms with E-state index in [1.165, 1.54) is 6.08 Å². The lowest BCUT2D eigenvalue weighted by Crippen LogP contribution is -1.88. The van der Waals surface area contributed by atoms with E-state index in [-0.39, 0.29) is 13.0 Å². The Labute approximate surface area is 88.5 Å². The molecule has 2 rings (SSSR count). The monoisotopic (exact) mass is 201 g/mol. The molecule has 0 spiro atoms. The lowest BCUT2D eigenvalue weighted by Gasteiger charge is -1.91. The second-order valence-electron chi connectivity index (χ2n) is 3.01. The van der Waals surface area contributed by atoms with Gasteiger partial charge in [0.25, 0.3) is 0 Å². The van der Waals surface area contributed by atoms with Gasteiger partial charge in [-0.15, -0.1) is 0 Å². The van der Waals surface area contributed by atoms with Crippen molar-refractivity contribution in [2.45, 2.75) is 0 Å². The Hall–Kier alpha value is -2.16. The molecule has 1 heterocycles. The topological polar surface area (TPSA) is 43.1 Å². The van der Waals surface area contributed by atoms with Gasteiger partial charge in [0.05, 0.1) is 0 Å². The molecular formula is C12H11NO2. The number of aromatic nitrogens is 1. The van der Waals surface area contributed by atoms with E-state index in [1.54, 1.807) is 6.07 Å². The first-order valence-corrected chi connectivity index (χ1v) is 4.50. The zero-order chi connectivity index (χ0) is 10.7. The fourth-order valence-electron chi connectivity index (χ4n) is 1.24. The first-order chi connectivity index (χ1) is 7.31. The number of allylic oxidation sites excluding steroid dienone is 1. The minimum absolute atomic E-state index is 0. The van der Waals surface area contributed by atoms with E-state index >= 15 is 0 Å². The van der Waals surface area contributed by atoms with Crippen molar-refractivity contribution in [2.24, 2.45) is 0 Å². The van der Waals surface area contributed by atoms with Crippen LogP contribution in [0.1, 0.15) is 12.0 Å². The molecule has 1 aromatic carbocycles. The third-order valence-corrected chi connectivity index (χ3v) is 2.01. The molecule has 76 valence electrons. The van der Waals surface area contributed by atoms with E-state index in [0.29, 0.717) is 5.69 Å². The molecule has 15 heavy (non-hydrogen) atoms. The maximum absolute atomic E-state index is 11.2. The third kappa shape index (κ3) is 1.86. The van der Waals surface area contributed by atoms with Gasteiger partial charge in [0.2, 0.25) is 11.5 Å². The predicted octanol–water partition coefficient (Wildman–Crippen LogP) is 2.96. The summed E-state index contributed by atoms with van der Waals surface area (Å²) in [6.07, 6.45) is 1.20. The van der Waals surface area contributed by atoms with Crippen LogP contribution in [0, 0.1) is 0 Å². The van der Waals surface area contributed by atoms with Gasteiger partial charge in [-0.1, -0.05) is 42.1 Å². The highest BCUT2D eigenvalue weighted by Gasteiger charge is 2.10. The summed E-state index contributed by atoms with van der Waals surface area (Å²) < 4.78 is 4.90. The van der Waals surface area contributed by atoms with E-state index in [1.807, 2.05) is 30.3 Å². The number of hydrogen-bond acceptors (Lipinski definition) is 3. The molecule has 0 aliphatic carbocycles. The Morgan fingerprint density at radius 3 is 2.80 bits per heavy atom. The van der Waals surface area contributed by atoms with E-state index in [4.69, 9.17) is 4.52 Å². The summed E-state index contributed by atoms with van der Waals surface area (Å²) in [6.45, 7) is 3.38. The minimum Gasteiger partial charge on any atom is -0.352 e. The normalized spacial score (nSPS) is 9.87. The molecule has 0 fully saturated rings. The molecule has 0 unspecified atom stereocenters. The summed E-state index contributed by atoms with van der Waals surface area (Å²) in [6, 6.07) is 11.1. The van der Waals surface area contributed by atoms with Crippen molar-refractivity contribution >= 4 is 5.78 Å². The van der Waals surface area contributed by atoms with Crippen LogP contribution in [-0.4, -0.2) is 10.9 Å². The summed E-state index contributed by atoms with van der Waals surface area (Å²) in [5, 5.41) is 3.81. The van der Waals surface area contributed by atoms with Gasteiger partial charge in [0, 0.05) is 13.1 Å². The number of carbonyl (C=O) groups is 1. The van der Waals surface area contributed by atoms with Gasteiger partial charge < -0.3 is 4.52 Å². The SMILES string of the molecule is C=CC(=O)c1cc(-c2ccccc2)no1.[HH]. The smallest absolute Gasteiger partial charge is 0.223 e. The van der Waals surface area contributed by atoms with Gasteiger partial charge in [-0.3, -0.25) is 4.79 Å². The molecule has 0 atom stereocenters. The number of ketones is 1. The molecule has 3 nitrogen and oxygen atoms in total. The maximum atomic E-state index is 11.2. The second-order valence-corrected chi connectivity index (χ2v) is 3.01. The van der Waals surface area contributed by atoms with Crippen molar-refractivity contribution in [3.63, 3.8) is 0 Å². The number of carbonyl (C=O) groups excluding carboxylic acids is 1. The molecule has 0 radical (unpaired) electrons. The van der Waals surface area contributed by atoms with Crippen molar-refractivity contribution in [1.82, 2.24) is 5.16 Å². The molecule has 2 aromatic rings. The van der Waals surface area contributed by atoms with Crippen LogP contribution in [0.5, 0.6) is 0 Å². The lowest BCUT2D eigenvalue weighted by atomic mass is 10.1. The van der Waals surface area contributed by atoms with Crippen LogP contribution in [0.2, 0.25) is 0 Å². The Morgan fingerprint density at radius 1 is 1.40 bits per heavy atom. The summed E-state index contributed by atoms with van der Waals surface area (Å²) in [7, 11) is 0. The molecule has 0 N–H and O–H groups in total. The van der Waals surface area contributed by atoms with Crippen LogP contribution < -0.4 is 0 Å². The number of nitrogens with zero attached hydrogens (tertiary/aromatic N) is 1. The Morgan fingerprint density at radius 2 is 2.13 bits per heavy atom. The van der Waals surface area contributed by atoms with E-state index in [0.717, 1.165) is 5.56 Å². The molecule has 1 aromatic heterocycles. The van der Waals surface area contributed by atoms with Crippen LogP contribution in [0.15, 0.2) is 53.6 Å². The average Bonchev–Trinajstić information content (AvgIpc) is 2.78. The van der Waals surface area contributed by atoms with Gasteiger partial charge >= 0.3 is 0 Å². The predicted molar refractivity (Wildman–Crippen MR) is 58.6 cm³/mol. The molecule has 0 bridgehead atoms. The van der Waals surface area contributed by atoms with Crippen molar-refractivity contribution in [1.29, 1.82) is 0 Å². The van der Waals surface area contributed by atoms with Crippen LogP contribution in [-0.2, 0) is 0 Å². The standard InChI is InChI=1S/C12H9NO2.H2/c1-2-11(14)12-8-10(13-15-12)9-6-4-3-5-7-9;/h2-8H,1H2;1H. The number of rotatable bonds is 3. The molecule has 0 aliphatic rings. The number of benzene rings is 1. The van der Waals surface area contributed by atoms with Crippen molar-refractivity contribution in [3.8, 4) is 11.3 Å². The number of hydrogen-bond donors (Lipinski definition) is 0. The summed E-state index contributed by atoms with van der Waals surface area (Å²) in [4.78, 5) is 11.2. The summed E-state index contributed by atoms with van der Waals surface area (Å²) in [5.74, 6) is -0.0477. The highest BCUT2D eigenvalue weighted by molar-refractivity contribution is 6.02. The molecule has 0 saturated carbocycles. The van der Waals surface area contributed by atoms with Gasteiger partial charge in [-0.2, -0.15) is 0 Å². The van der Waals surface area contributed by atoms with Gasteiger partial charge in [-0.05, 0) is 6.08 Å². The van der Waals surface area contributed by atoms with E-state index in [9.17, 15) is 4.79 Å². The molecule has 0 amide bonds. The first-order valence-electron chi connectivity index (χ1n) is 4.50. The molecule has 0 aliphatic heterocycles. The van der Waals surface area contributed by atoms with Gasteiger partial charge in [-0.25, -0.2) is 0 Å². The van der Waals surface area contributed by atoms with Crippen molar-refractivity contribution < 1.29 is 10.7 Å². The zero-order valence-corrected chi connectivity index (χ0v) is 8.01. The van der Waals surface area contributed by atoms with E-state index < -0.39 is 0 Å². The summed E-state index contributed by atoms with van der Waals surface area (Å²) >= 11 is 0.